The molecule has 8 nitrogen and oxygen atoms in total. The highest BCUT2D eigenvalue weighted by atomic mass is 31.2. The fourth-order valence-corrected chi connectivity index (χ4v) is 7.55. The van der Waals surface area contributed by atoms with Gasteiger partial charge in [0.1, 0.15) is 6.61 Å². The molecular weight excluding hydrogens is 723 g/mol. The van der Waals surface area contributed by atoms with Gasteiger partial charge in [-0.25, -0.2) is 4.57 Å². The predicted molar refractivity (Wildman–Crippen MR) is 235 cm³/mol. The summed E-state index contributed by atoms with van der Waals surface area (Å²) in [5.41, 5.74) is 0. The van der Waals surface area contributed by atoms with Crippen LogP contribution in [0.5, 0.6) is 0 Å². The van der Waals surface area contributed by atoms with Crippen LogP contribution < -0.4 is 0 Å². The van der Waals surface area contributed by atoms with E-state index in [1.807, 2.05) is 0 Å². The van der Waals surface area contributed by atoms with E-state index in [9.17, 15) is 14.2 Å². The van der Waals surface area contributed by atoms with Gasteiger partial charge in [0, 0.05) is 12.8 Å². The van der Waals surface area contributed by atoms with E-state index in [-0.39, 0.29) is 19.4 Å². The minimum atomic E-state index is -4.75. The van der Waals surface area contributed by atoms with Crippen LogP contribution in [0.2, 0.25) is 0 Å². The molecule has 56 heavy (non-hydrogen) atoms. The maximum Gasteiger partial charge on any atom is 0.469 e. The quantitative estimate of drug-likeness (QED) is 0.0270. The first-order chi connectivity index (χ1) is 27.3. The Kier molecular flexibility index (Phi) is 42.4. The highest BCUT2D eigenvalue weighted by molar-refractivity contribution is 7.46. The maximum absolute atomic E-state index is 12.4. The number of ether oxygens (including phenoxy) is 2. The molecule has 332 valence electrons. The molecule has 0 heterocycles. The first kappa shape index (κ1) is 54.8. The average Bonchev–Trinajstić information content (AvgIpc) is 3.17. The highest BCUT2D eigenvalue weighted by Gasteiger charge is 2.23. The van der Waals surface area contributed by atoms with Crippen molar-refractivity contribution in [2.75, 3.05) is 13.2 Å². The first-order valence-electron chi connectivity index (χ1n) is 24.0. The zero-order chi connectivity index (χ0) is 41.1. The van der Waals surface area contributed by atoms with E-state index in [1.165, 1.54) is 173 Å². The van der Waals surface area contributed by atoms with Crippen LogP contribution in [0.3, 0.4) is 0 Å². The van der Waals surface area contributed by atoms with Crippen molar-refractivity contribution in [3.05, 3.63) is 12.2 Å². The Morgan fingerprint density at radius 2 is 0.750 bits per heavy atom. The van der Waals surface area contributed by atoms with Crippen molar-refractivity contribution < 1.29 is 37.9 Å². The second kappa shape index (κ2) is 43.4. The number of rotatable bonds is 45. The summed E-state index contributed by atoms with van der Waals surface area (Å²) < 4.78 is 26.4. The van der Waals surface area contributed by atoms with E-state index in [1.54, 1.807) is 0 Å². The van der Waals surface area contributed by atoms with Gasteiger partial charge in [0.25, 0.3) is 0 Å². The number of carbonyl (C=O) groups excluding carboxylic acids is 2. The molecule has 0 aromatic rings. The average molecular weight is 815 g/mol. The van der Waals surface area contributed by atoms with Gasteiger partial charge in [-0.2, -0.15) is 0 Å². The molecule has 1 unspecified atom stereocenters. The Balaban J connectivity index is 3.76. The smallest absolute Gasteiger partial charge is 0.462 e. The number of hydrogen-bond acceptors (Lipinski definition) is 6. The van der Waals surface area contributed by atoms with Gasteiger partial charge in [-0.15, -0.1) is 0 Å². The number of carbonyl (C=O) groups is 2. The van der Waals surface area contributed by atoms with Gasteiger partial charge in [-0.3, -0.25) is 14.1 Å². The molecular formula is C47H91O8P. The summed E-state index contributed by atoms with van der Waals surface area (Å²) in [4.78, 5) is 42.9. The van der Waals surface area contributed by atoms with Gasteiger partial charge in [0.15, 0.2) is 6.10 Å². The second-order valence-corrected chi connectivity index (χ2v) is 17.7. The van der Waals surface area contributed by atoms with E-state index < -0.39 is 32.5 Å². The summed E-state index contributed by atoms with van der Waals surface area (Å²) in [5, 5.41) is 0. The van der Waals surface area contributed by atoms with E-state index in [0.29, 0.717) is 6.42 Å². The minimum Gasteiger partial charge on any atom is -0.462 e. The molecule has 0 spiro atoms. The molecule has 1 atom stereocenters. The molecule has 0 radical (unpaired) electrons. The van der Waals surface area contributed by atoms with Gasteiger partial charge in [-0.05, 0) is 38.5 Å². The predicted octanol–water partition coefficient (Wildman–Crippen LogP) is 15.0. The molecule has 0 aliphatic rings. The Labute approximate surface area is 346 Å². The lowest BCUT2D eigenvalue weighted by atomic mass is 10.0. The van der Waals surface area contributed by atoms with Gasteiger partial charge in [-0.1, -0.05) is 219 Å². The molecule has 0 aromatic heterocycles. The number of esters is 2. The minimum absolute atomic E-state index is 0.206. The van der Waals surface area contributed by atoms with Crippen molar-refractivity contribution in [1.29, 1.82) is 0 Å². The third kappa shape index (κ3) is 45.5. The van der Waals surface area contributed by atoms with E-state index >= 15 is 0 Å². The molecule has 0 saturated heterocycles. The van der Waals surface area contributed by atoms with Crippen LogP contribution in [0.4, 0.5) is 0 Å². The van der Waals surface area contributed by atoms with Crippen LogP contribution in [-0.4, -0.2) is 41.0 Å². The van der Waals surface area contributed by atoms with Gasteiger partial charge in [0.2, 0.25) is 0 Å². The lowest BCUT2D eigenvalue weighted by Gasteiger charge is -2.18. The summed E-state index contributed by atoms with van der Waals surface area (Å²) >= 11 is 0. The topological polar surface area (TPSA) is 119 Å². The van der Waals surface area contributed by atoms with E-state index in [0.717, 1.165) is 51.4 Å². The van der Waals surface area contributed by atoms with E-state index in [4.69, 9.17) is 19.3 Å². The van der Waals surface area contributed by atoms with Crippen molar-refractivity contribution in [2.45, 2.75) is 264 Å². The number of allylic oxidation sites excluding steroid dienone is 2. The first-order valence-corrected chi connectivity index (χ1v) is 25.5. The normalized spacial score (nSPS) is 12.4. The molecule has 0 fully saturated rings. The largest absolute Gasteiger partial charge is 0.469 e. The molecule has 9 heteroatoms. The Morgan fingerprint density at radius 3 is 1.09 bits per heavy atom. The summed E-state index contributed by atoms with van der Waals surface area (Å²) in [6, 6.07) is 0. The van der Waals surface area contributed by atoms with Crippen LogP contribution in [0, 0.1) is 0 Å². The highest BCUT2D eigenvalue weighted by Crippen LogP contribution is 2.36. The number of phosphoric acid groups is 1. The van der Waals surface area contributed by atoms with Gasteiger partial charge >= 0.3 is 19.8 Å². The molecule has 0 amide bonds. The molecule has 0 aliphatic carbocycles. The third-order valence-corrected chi connectivity index (χ3v) is 11.3. The van der Waals surface area contributed by atoms with Crippen LogP contribution in [0.1, 0.15) is 258 Å². The van der Waals surface area contributed by atoms with Gasteiger partial charge < -0.3 is 19.3 Å². The molecule has 0 bridgehead atoms. The van der Waals surface area contributed by atoms with Crippen LogP contribution in [-0.2, 0) is 28.2 Å². The van der Waals surface area contributed by atoms with Crippen molar-refractivity contribution in [3.8, 4) is 0 Å². The molecule has 0 aromatic carbocycles. The summed E-state index contributed by atoms with van der Waals surface area (Å²) in [6.45, 7) is 3.71. The summed E-state index contributed by atoms with van der Waals surface area (Å²) in [5.74, 6) is -0.880. The van der Waals surface area contributed by atoms with Crippen LogP contribution in [0.25, 0.3) is 0 Å². The zero-order valence-corrected chi connectivity index (χ0v) is 37.7. The summed E-state index contributed by atoms with van der Waals surface area (Å²) in [7, 11) is -4.75. The zero-order valence-electron chi connectivity index (χ0n) is 36.8. The lowest BCUT2D eigenvalue weighted by molar-refractivity contribution is -0.161. The maximum atomic E-state index is 12.4. The molecule has 0 aliphatic heterocycles. The summed E-state index contributed by atoms with van der Waals surface area (Å²) in [6.07, 6.45) is 49.5. The number of phosphoric ester groups is 1. The fourth-order valence-electron chi connectivity index (χ4n) is 7.19. The Bertz CT molecular complexity index is 920. The van der Waals surface area contributed by atoms with Crippen molar-refractivity contribution in [1.82, 2.24) is 0 Å². The van der Waals surface area contributed by atoms with E-state index in [2.05, 4.69) is 30.5 Å². The van der Waals surface area contributed by atoms with Crippen LogP contribution in [0.15, 0.2) is 12.2 Å². The number of hydrogen-bond donors (Lipinski definition) is 2. The van der Waals surface area contributed by atoms with Crippen molar-refractivity contribution in [2.24, 2.45) is 0 Å². The number of unbranched alkanes of at least 4 members (excludes halogenated alkanes) is 33. The second-order valence-electron chi connectivity index (χ2n) is 16.4. The molecule has 0 rings (SSSR count). The fraction of sp³-hybridized carbons (Fsp3) is 0.915. The monoisotopic (exact) mass is 815 g/mol. The Hall–Kier alpha value is -1.21. The SMILES string of the molecule is CCCCCCC/C=C\CCCCCCCC(=O)OC(COC(=O)CCCCCCCCCCCCCCCCCCCCCCCCCC)COP(=O)(O)O. The van der Waals surface area contributed by atoms with Gasteiger partial charge in [0.05, 0.1) is 6.61 Å². The van der Waals surface area contributed by atoms with Crippen molar-refractivity contribution >= 4 is 19.8 Å². The Morgan fingerprint density at radius 1 is 0.446 bits per heavy atom. The lowest BCUT2D eigenvalue weighted by Crippen LogP contribution is -2.29. The van der Waals surface area contributed by atoms with Crippen molar-refractivity contribution in [3.63, 3.8) is 0 Å². The molecule has 0 saturated carbocycles. The standard InChI is InChI=1S/C47H91O8P/c1-3-5-7-9-11-13-15-17-19-20-21-22-23-24-25-26-27-28-30-31-33-35-37-39-41-46(48)53-43-45(44-54-56(50,51)52)55-47(49)42-40-38-36-34-32-29-18-16-14-12-10-8-6-4-2/h16,18,45H,3-15,17,19-44H2,1-2H3,(H2,50,51,52)/b18-16-. The third-order valence-electron chi connectivity index (χ3n) is 10.8. The molecule has 2 N–H and O–H groups in total. The van der Waals surface area contributed by atoms with Crippen LogP contribution >= 0.6 is 7.82 Å².